The van der Waals surface area contributed by atoms with Crippen molar-refractivity contribution in [1.82, 2.24) is 0 Å². The van der Waals surface area contributed by atoms with Gasteiger partial charge in [-0.2, -0.15) is 0 Å². The smallest absolute Gasteiger partial charge is 0.309 e. The molecule has 4 rings (SSSR count). The summed E-state index contributed by atoms with van der Waals surface area (Å²) in [5.41, 5.74) is 2.53. The second kappa shape index (κ2) is 3.12. The van der Waals surface area contributed by atoms with Gasteiger partial charge in [0.1, 0.15) is 0 Å². The lowest BCUT2D eigenvalue weighted by atomic mass is 9.33. The molecule has 2 heteroatoms. The first kappa shape index (κ1) is 10.8. The molecule has 3 aliphatic carbocycles. The maximum atomic E-state index is 11.1. The summed E-state index contributed by atoms with van der Waals surface area (Å²) >= 11 is 0. The van der Waals surface area contributed by atoms with E-state index in [2.05, 4.69) is 38.1 Å². The quantitative estimate of drug-likeness (QED) is 0.865. The highest BCUT2D eigenvalue weighted by Crippen LogP contribution is 2.73. The van der Waals surface area contributed by atoms with Crippen molar-refractivity contribution in [2.24, 2.45) is 5.41 Å². The molecular weight excluding hydrogens is 212 g/mol. The van der Waals surface area contributed by atoms with Crippen LogP contribution in [0.1, 0.15) is 50.2 Å². The van der Waals surface area contributed by atoms with Crippen LogP contribution in [-0.2, 0) is 10.2 Å². The number of carboxylic acid groups (broad SMARTS) is 1. The minimum Gasteiger partial charge on any atom is -0.481 e. The van der Waals surface area contributed by atoms with E-state index in [0.29, 0.717) is 5.92 Å². The van der Waals surface area contributed by atoms with Crippen LogP contribution in [-0.4, -0.2) is 11.1 Å². The minimum atomic E-state index is -0.599. The molecule has 1 aromatic carbocycles. The third-order valence-corrected chi connectivity index (χ3v) is 4.67. The van der Waals surface area contributed by atoms with E-state index < -0.39 is 5.97 Å². The van der Waals surface area contributed by atoms with Crippen molar-refractivity contribution in [1.29, 1.82) is 0 Å². The van der Waals surface area contributed by atoms with Gasteiger partial charge in [0.15, 0.2) is 0 Å². The van der Waals surface area contributed by atoms with Gasteiger partial charge in [0.25, 0.3) is 0 Å². The predicted molar refractivity (Wildman–Crippen MR) is 66.1 cm³/mol. The van der Waals surface area contributed by atoms with E-state index in [0.717, 1.165) is 19.3 Å². The van der Waals surface area contributed by atoms with E-state index in [4.69, 9.17) is 5.11 Å². The Morgan fingerprint density at radius 2 is 1.71 bits per heavy atom. The van der Waals surface area contributed by atoms with Gasteiger partial charge in [0, 0.05) is 0 Å². The third-order valence-electron chi connectivity index (χ3n) is 4.67. The van der Waals surface area contributed by atoms with Crippen LogP contribution in [0.5, 0.6) is 0 Å². The zero-order valence-corrected chi connectivity index (χ0v) is 10.4. The topological polar surface area (TPSA) is 37.3 Å². The summed E-state index contributed by atoms with van der Waals surface area (Å²) in [6.07, 6.45) is 2.53. The fourth-order valence-corrected chi connectivity index (χ4v) is 3.54. The van der Waals surface area contributed by atoms with Crippen LogP contribution in [0, 0.1) is 5.41 Å². The first-order chi connectivity index (χ1) is 7.97. The molecule has 0 saturated heterocycles. The lowest BCUT2D eigenvalue weighted by Gasteiger charge is -2.68. The average Bonchev–Trinajstić information content (AvgIpc) is 2.13. The minimum absolute atomic E-state index is 0.202. The van der Waals surface area contributed by atoms with Gasteiger partial charge in [-0.1, -0.05) is 38.1 Å². The Morgan fingerprint density at radius 1 is 1.18 bits per heavy atom. The van der Waals surface area contributed by atoms with Crippen LogP contribution in [0.15, 0.2) is 24.3 Å². The van der Waals surface area contributed by atoms with Crippen molar-refractivity contribution >= 4 is 5.97 Å². The van der Waals surface area contributed by atoms with Gasteiger partial charge in [0.05, 0.1) is 5.41 Å². The zero-order valence-electron chi connectivity index (χ0n) is 10.4. The summed E-state index contributed by atoms with van der Waals surface area (Å²) in [6.45, 7) is 4.38. The third kappa shape index (κ3) is 1.30. The molecule has 90 valence electrons. The number of carboxylic acids is 1. The maximum absolute atomic E-state index is 11.1. The van der Waals surface area contributed by atoms with E-state index in [1.54, 1.807) is 0 Å². The number of hydrogen-bond donors (Lipinski definition) is 1. The highest BCUT2D eigenvalue weighted by atomic mass is 16.4. The SMILES string of the molecule is CC(C)c1ccc(C23CC(C(=O)O)(C2)C3)cc1. The Balaban J connectivity index is 1.78. The average molecular weight is 230 g/mol. The molecule has 3 aliphatic rings. The predicted octanol–water partition coefficient (Wildman–Crippen LogP) is 3.32. The molecule has 1 aromatic rings. The molecule has 2 nitrogen and oxygen atoms in total. The van der Waals surface area contributed by atoms with Crippen LogP contribution >= 0.6 is 0 Å². The summed E-state index contributed by atoms with van der Waals surface area (Å²) in [6, 6.07) is 8.77. The fraction of sp³-hybridized carbons (Fsp3) is 0.533. The van der Waals surface area contributed by atoms with Crippen molar-refractivity contribution in [2.75, 3.05) is 0 Å². The summed E-state index contributed by atoms with van der Waals surface area (Å²) in [5.74, 6) is -0.0411. The highest BCUT2D eigenvalue weighted by molar-refractivity contribution is 5.80. The second-order valence-electron chi connectivity index (χ2n) is 6.17. The normalized spacial score (nSPS) is 34.1. The van der Waals surface area contributed by atoms with E-state index >= 15 is 0 Å². The van der Waals surface area contributed by atoms with Crippen molar-refractivity contribution < 1.29 is 9.90 Å². The molecule has 0 amide bonds. The van der Waals surface area contributed by atoms with Gasteiger partial charge in [-0.25, -0.2) is 0 Å². The fourth-order valence-electron chi connectivity index (χ4n) is 3.54. The lowest BCUT2D eigenvalue weighted by Crippen LogP contribution is -2.67. The van der Waals surface area contributed by atoms with Crippen molar-refractivity contribution in [2.45, 2.75) is 44.4 Å². The number of hydrogen-bond acceptors (Lipinski definition) is 1. The molecule has 0 radical (unpaired) electrons. The number of benzene rings is 1. The van der Waals surface area contributed by atoms with Crippen LogP contribution < -0.4 is 0 Å². The molecule has 0 aromatic heterocycles. The molecule has 0 atom stereocenters. The van der Waals surface area contributed by atoms with Crippen LogP contribution in [0.4, 0.5) is 0 Å². The molecule has 17 heavy (non-hydrogen) atoms. The summed E-state index contributed by atoms with van der Waals surface area (Å²) in [4.78, 5) is 11.1. The zero-order chi connectivity index (χ0) is 12.3. The highest BCUT2D eigenvalue weighted by Gasteiger charge is 2.72. The summed E-state index contributed by atoms with van der Waals surface area (Å²) < 4.78 is 0. The van der Waals surface area contributed by atoms with Gasteiger partial charge in [-0.15, -0.1) is 0 Å². The monoisotopic (exact) mass is 230 g/mol. The molecule has 0 spiro atoms. The maximum Gasteiger partial charge on any atom is 0.309 e. The van der Waals surface area contributed by atoms with Crippen LogP contribution in [0.2, 0.25) is 0 Å². The molecule has 0 unspecified atom stereocenters. The van der Waals surface area contributed by atoms with Crippen molar-refractivity contribution in [3.8, 4) is 0 Å². The van der Waals surface area contributed by atoms with Crippen LogP contribution in [0.3, 0.4) is 0 Å². The second-order valence-corrected chi connectivity index (χ2v) is 6.17. The van der Waals surface area contributed by atoms with E-state index in [1.165, 1.54) is 11.1 Å². The van der Waals surface area contributed by atoms with Crippen LogP contribution in [0.25, 0.3) is 0 Å². The Bertz CT molecular complexity index is 450. The first-order valence-corrected chi connectivity index (χ1v) is 6.31. The first-order valence-electron chi connectivity index (χ1n) is 6.31. The molecule has 3 fully saturated rings. The number of rotatable bonds is 3. The number of carbonyl (C=O) groups is 1. The lowest BCUT2D eigenvalue weighted by molar-refractivity contribution is -0.194. The Labute approximate surface area is 102 Å². The standard InChI is InChI=1S/C15H18O2/c1-10(2)11-3-5-12(6-4-11)14-7-15(8-14,9-14)13(16)17/h3-6,10H,7-9H2,1-2H3,(H,16,17). The molecular formula is C15H18O2. The summed E-state index contributed by atoms with van der Waals surface area (Å²) in [5, 5.41) is 9.11. The molecule has 1 N–H and O–H groups in total. The Hall–Kier alpha value is -1.31. The Kier molecular flexibility index (Phi) is 1.99. The summed E-state index contributed by atoms with van der Waals surface area (Å²) in [7, 11) is 0. The van der Waals surface area contributed by atoms with Gasteiger partial charge >= 0.3 is 5.97 Å². The Morgan fingerprint density at radius 3 is 2.12 bits per heavy atom. The van der Waals surface area contributed by atoms with Crippen molar-refractivity contribution in [3.05, 3.63) is 35.4 Å². The van der Waals surface area contributed by atoms with E-state index in [9.17, 15) is 4.79 Å². The van der Waals surface area contributed by atoms with E-state index in [-0.39, 0.29) is 10.8 Å². The van der Waals surface area contributed by atoms with Gasteiger partial charge in [-0.3, -0.25) is 4.79 Å². The largest absolute Gasteiger partial charge is 0.481 e. The van der Waals surface area contributed by atoms with Gasteiger partial charge in [0.2, 0.25) is 0 Å². The molecule has 0 aliphatic heterocycles. The van der Waals surface area contributed by atoms with Gasteiger partial charge in [-0.05, 0) is 41.7 Å². The molecule has 0 heterocycles. The van der Waals surface area contributed by atoms with Gasteiger partial charge < -0.3 is 5.11 Å². The molecule has 3 saturated carbocycles. The van der Waals surface area contributed by atoms with Crippen molar-refractivity contribution in [3.63, 3.8) is 0 Å². The van der Waals surface area contributed by atoms with E-state index in [1.807, 2.05) is 0 Å². The molecule has 2 bridgehead atoms. The number of aliphatic carboxylic acids is 1.